The van der Waals surface area contributed by atoms with E-state index in [1.54, 1.807) is 0 Å². The quantitative estimate of drug-likeness (QED) is 0.512. The molecule has 2 nitrogen and oxygen atoms in total. The average molecular weight is 217 g/mol. The van der Waals surface area contributed by atoms with Crippen molar-refractivity contribution in [3.8, 4) is 0 Å². The van der Waals surface area contributed by atoms with Gasteiger partial charge in [0, 0.05) is 5.41 Å². The zero-order valence-electron chi connectivity index (χ0n) is 6.81. The summed E-state index contributed by atoms with van der Waals surface area (Å²) in [4.78, 5) is 0. The Hall–Kier alpha value is 0.0800. The largest absolute Gasteiger partial charge is 0.192 e. The number of azo groups is 1. The van der Waals surface area contributed by atoms with E-state index in [4.69, 9.17) is 0 Å². The molecular weight excluding hydrogens is 204 g/mol. The lowest BCUT2D eigenvalue weighted by Crippen LogP contribution is -2.09. The molecule has 0 radical (unpaired) electrons. The van der Waals surface area contributed by atoms with Gasteiger partial charge in [-0.3, -0.25) is 0 Å². The molecule has 2 aliphatic rings. The number of alkyl halides is 1. The smallest absolute Gasteiger partial charge is 0.144 e. The molecule has 1 fully saturated rings. The average Bonchev–Trinajstić information content (AvgIpc) is 2.43. The molecule has 0 N–H and O–H groups in total. The highest BCUT2D eigenvalue weighted by atomic mass is 79.9. The summed E-state index contributed by atoms with van der Waals surface area (Å²) < 4.78 is 0.0785. The molecule has 2 atom stereocenters. The van der Waals surface area contributed by atoms with Gasteiger partial charge in [0.2, 0.25) is 0 Å². The first-order valence-electron chi connectivity index (χ1n) is 4.30. The minimum Gasteiger partial charge on any atom is -0.192 e. The van der Waals surface area contributed by atoms with E-state index in [2.05, 4.69) is 33.1 Å². The van der Waals surface area contributed by atoms with Crippen LogP contribution in [0.25, 0.3) is 0 Å². The number of hydrogen-bond donors (Lipinski definition) is 0. The summed E-state index contributed by atoms with van der Waals surface area (Å²) in [5.74, 6) is 0. The van der Waals surface area contributed by atoms with Crippen LogP contribution in [-0.4, -0.2) is 11.0 Å². The Morgan fingerprint density at radius 2 is 2.36 bits per heavy atom. The van der Waals surface area contributed by atoms with E-state index in [9.17, 15) is 0 Å². The number of halogens is 1. The third kappa shape index (κ3) is 0.968. The molecule has 0 spiro atoms. The fourth-order valence-corrected chi connectivity index (χ4v) is 2.85. The first-order chi connectivity index (χ1) is 5.22. The van der Waals surface area contributed by atoms with E-state index in [1.807, 2.05) is 0 Å². The number of nitrogens with zero attached hydrogens (tertiary/aromatic N) is 2. The number of hydrogen-bond acceptors (Lipinski definition) is 2. The molecule has 1 aliphatic heterocycles. The van der Waals surface area contributed by atoms with Crippen LogP contribution in [0.5, 0.6) is 0 Å². The highest BCUT2D eigenvalue weighted by Gasteiger charge is 2.69. The summed E-state index contributed by atoms with van der Waals surface area (Å²) in [5.41, 5.74) is 0.434. The second kappa shape index (κ2) is 2.28. The number of rotatable bonds is 3. The lowest BCUT2D eigenvalue weighted by atomic mass is 9.99. The predicted octanol–water partition coefficient (Wildman–Crippen LogP) is 3.12. The molecule has 2 unspecified atom stereocenters. The highest BCUT2D eigenvalue weighted by Crippen LogP contribution is 2.68. The van der Waals surface area contributed by atoms with Gasteiger partial charge in [-0.1, -0.05) is 35.7 Å². The summed E-state index contributed by atoms with van der Waals surface area (Å²) in [6, 6.07) is 0. The van der Waals surface area contributed by atoms with Crippen LogP contribution in [0.15, 0.2) is 10.2 Å². The summed E-state index contributed by atoms with van der Waals surface area (Å²) in [7, 11) is 0. The summed E-state index contributed by atoms with van der Waals surface area (Å²) in [6.07, 6.45) is 5.11. The molecule has 0 aromatic rings. The standard InChI is InChI=1S/C8H13BrN2/c1-2-3-4-7-5-8(7,9)11-10-6-7/h2-6H2,1H3. The van der Waals surface area contributed by atoms with Crippen molar-refractivity contribution in [2.75, 3.05) is 6.54 Å². The molecule has 1 aliphatic carbocycles. The predicted molar refractivity (Wildman–Crippen MR) is 48.0 cm³/mol. The van der Waals surface area contributed by atoms with Crippen molar-refractivity contribution in [2.24, 2.45) is 15.6 Å². The Balaban J connectivity index is 1.96. The zero-order chi connectivity index (χ0) is 7.95. The van der Waals surface area contributed by atoms with Crippen LogP contribution in [0.1, 0.15) is 32.6 Å². The molecule has 0 aromatic carbocycles. The lowest BCUT2D eigenvalue weighted by molar-refractivity contribution is 0.462. The maximum Gasteiger partial charge on any atom is 0.144 e. The Labute approximate surface area is 75.6 Å². The van der Waals surface area contributed by atoms with Gasteiger partial charge in [-0.25, -0.2) is 0 Å². The first kappa shape index (κ1) is 7.71. The maximum atomic E-state index is 4.21. The highest BCUT2D eigenvalue weighted by molar-refractivity contribution is 9.10. The molecule has 1 heterocycles. The molecule has 3 heteroatoms. The van der Waals surface area contributed by atoms with Gasteiger partial charge < -0.3 is 0 Å². The monoisotopic (exact) mass is 216 g/mol. The van der Waals surface area contributed by atoms with Crippen LogP contribution >= 0.6 is 15.9 Å². The number of fused-ring (bicyclic) bond motifs is 1. The summed E-state index contributed by atoms with van der Waals surface area (Å²) in [6.45, 7) is 3.19. The van der Waals surface area contributed by atoms with Crippen molar-refractivity contribution in [3.63, 3.8) is 0 Å². The normalized spacial score (nSPS) is 46.0. The van der Waals surface area contributed by atoms with Gasteiger partial charge >= 0.3 is 0 Å². The van der Waals surface area contributed by atoms with Gasteiger partial charge in [0.1, 0.15) is 4.45 Å². The van der Waals surface area contributed by atoms with Crippen LogP contribution in [-0.2, 0) is 0 Å². The van der Waals surface area contributed by atoms with Gasteiger partial charge in [0.05, 0.1) is 6.54 Å². The third-order valence-corrected chi connectivity index (χ3v) is 4.15. The molecule has 62 valence electrons. The van der Waals surface area contributed by atoms with E-state index in [0.717, 1.165) is 6.54 Å². The van der Waals surface area contributed by atoms with E-state index in [0.29, 0.717) is 5.41 Å². The zero-order valence-corrected chi connectivity index (χ0v) is 8.39. The van der Waals surface area contributed by atoms with Crippen LogP contribution < -0.4 is 0 Å². The van der Waals surface area contributed by atoms with Crippen molar-refractivity contribution in [1.82, 2.24) is 0 Å². The van der Waals surface area contributed by atoms with E-state index >= 15 is 0 Å². The van der Waals surface area contributed by atoms with Crippen molar-refractivity contribution in [3.05, 3.63) is 0 Å². The van der Waals surface area contributed by atoms with Gasteiger partial charge in [0.25, 0.3) is 0 Å². The van der Waals surface area contributed by atoms with Crippen LogP contribution in [0.2, 0.25) is 0 Å². The lowest BCUT2D eigenvalue weighted by Gasteiger charge is -2.08. The second-order valence-corrected chi connectivity index (χ2v) is 5.03. The Kier molecular flexibility index (Phi) is 1.60. The SMILES string of the molecule is CCCCC12CN=NC1(Br)C2. The van der Waals surface area contributed by atoms with Crippen molar-refractivity contribution in [1.29, 1.82) is 0 Å². The fourth-order valence-electron chi connectivity index (χ4n) is 1.88. The second-order valence-electron chi connectivity index (χ2n) is 3.72. The molecule has 0 saturated heterocycles. The van der Waals surface area contributed by atoms with E-state index in [1.165, 1.54) is 25.7 Å². The van der Waals surface area contributed by atoms with Crippen molar-refractivity contribution in [2.45, 2.75) is 37.1 Å². The Bertz CT molecular complexity index is 204. The van der Waals surface area contributed by atoms with Crippen LogP contribution in [0.3, 0.4) is 0 Å². The van der Waals surface area contributed by atoms with Gasteiger partial charge in [-0.05, 0) is 12.8 Å². The molecule has 0 aromatic heterocycles. The molecule has 0 bridgehead atoms. The maximum absolute atomic E-state index is 4.21. The molecule has 11 heavy (non-hydrogen) atoms. The van der Waals surface area contributed by atoms with Crippen molar-refractivity contribution < 1.29 is 0 Å². The van der Waals surface area contributed by atoms with Crippen molar-refractivity contribution >= 4 is 15.9 Å². The summed E-state index contributed by atoms with van der Waals surface area (Å²) >= 11 is 3.64. The molecule has 2 rings (SSSR count). The van der Waals surface area contributed by atoms with Gasteiger partial charge in [-0.15, -0.1) is 0 Å². The minimum absolute atomic E-state index is 0.0785. The fraction of sp³-hybridized carbons (Fsp3) is 1.00. The number of unbranched alkanes of at least 4 members (excludes halogenated alkanes) is 1. The first-order valence-corrected chi connectivity index (χ1v) is 5.09. The van der Waals surface area contributed by atoms with Crippen LogP contribution in [0, 0.1) is 5.41 Å². The van der Waals surface area contributed by atoms with Gasteiger partial charge in [0.15, 0.2) is 0 Å². The van der Waals surface area contributed by atoms with Crippen LogP contribution in [0.4, 0.5) is 0 Å². The Morgan fingerprint density at radius 3 is 2.82 bits per heavy atom. The topological polar surface area (TPSA) is 24.7 Å². The van der Waals surface area contributed by atoms with Gasteiger partial charge in [-0.2, -0.15) is 10.2 Å². The molecule has 1 saturated carbocycles. The van der Waals surface area contributed by atoms with E-state index in [-0.39, 0.29) is 4.45 Å². The molecule has 0 amide bonds. The third-order valence-electron chi connectivity index (χ3n) is 2.87. The molecular formula is C8H13BrN2. The Morgan fingerprint density at radius 1 is 1.55 bits per heavy atom. The summed E-state index contributed by atoms with van der Waals surface area (Å²) in [5, 5.41) is 8.30. The minimum atomic E-state index is 0.0785. The van der Waals surface area contributed by atoms with E-state index < -0.39 is 0 Å².